The molecule has 0 spiro atoms. The lowest BCUT2D eigenvalue weighted by molar-refractivity contribution is 0.0303. The van der Waals surface area contributed by atoms with Crippen LogP contribution in [0.2, 0.25) is 0 Å². The minimum atomic E-state index is -0.0529. The van der Waals surface area contributed by atoms with Crippen molar-refractivity contribution in [1.29, 1.82) is 0 Å². The number of carbonyl (C=O) groups is 1. The molecule has 4 heterocycles. The highest BCUT2D eigenvalue weighted by Crippen LogP contribution is 2.29. The Balaban J connectivity index is 1.37. The molecule has 0 aliphatic carbocycles. The van der Waals surface area contributed by atoms with Gasteiger partial charge in [0.1, 0.15) is 11.6 Å². The minimum absolute atomic E-state index is 0.0529. The van der Waals surface area contributed by atoms with Gasteiger partial charge >= 0.3 is 0 Å². The number of nitrogens with two attached hydrogens (primary N) is 1. The summed E-state index contributed by atoms with van der Waals surface area (Å²) in [5.74, 6) is 1.68. The average molecular weight is 425 g/mol. The molecule has 0 bridgehead atoms. The van der Waals surface area contributed by atoms with Gasteiger partial charge in [-0.3, -0.25) is 9.69 Å². The molecule has 31 heavy (non-hydrogen) atoms. The number of ether oxygens (including phenoxy) is 1. The number of nitrogens with zero attached hydrogens (tertiary/aromatic N) is 5. The average Bonchev–Trinajstić information content (AvgIpc) is 2.80. The van der Waals surface area contributed by atoms with E-state index in [9.17, 15) is 4.79 Å². The topological polar surface area (TPSA) is 87.8 Å². The smallest absolute Gasteiger partial charge is 0.257 e. The summed E-state index contributed by atoms with van der Waals surface area (Å²) in [5.41, 5.74) is 8.94. The van der Waals surface area contributed by atoms with Gasteiger partial charge in [0.25, 0.3) is 5.91 Å². The van der Waals surface area contributed by atoms with Crippen LogP contribution in [-0.4, -0.2) is 79.2 Å². The molecule has 8 nitrogen and oxygen atoms in total. The lowest BCUT2D eigenvalue weighted by Crippen LogP contribution is -2.41. The molecule has 8 heteroatoms. The number of rotatable bonds is 5. The van der Waals surface area contributed by atoms with Crippen LogP contribution in [-0.2, 0) is 11.3 Å². The Bertz CT molecular complexity index is 905. The predicted octanol–water partition coefficient (Wildman–Crippen LogP) is 1.98. The Morgan fingerprint density at radius 1 is 1.16 bits per heavy atom. The normalized spacial score (nSPS) is 18.2. The minimum Gasteiger partial charge on any atom is -0.383 e. The summed E-state index contributed by atoms with van der Waals surface area (Å²) in [6.07, 6.45) is 3.90. The lowest BCUT2D eigenvalue weighted by atomic mass is 9.92. The van der Waals surface area contributed by atoms with Gasteiger partial charge in [-0.25, -0.2) is 9.97 Å². The standard InChI is InChI=1S/C23H32N6O2/c1-27(2)22-18(4-3-9-25-22)16-28-10-7-17(8-11-28)20-6-5-19(21(24)26-20)23(30)29-12-14-31-15-13-29/h3-6,9,17H,7-8,10-16H2,1-2H3,(H2,24,26). The zero-order valence-corrected chi connectivity index (χ0v) is 18.5. The number of likely N-dealkylation sites (tertiary alicyclic amines) is 1. The molecule has 2 aromatic heterocycles. The first-order valence-electron chi connectivity index (χ1n) is 11.0. The highest BCUT2D eigenvalue weighted by atomic mass is 16.5. The second-order valence-corrected chi connectivity index (χ2v) is 8.50. The zero-order valence-electron chi connectivity index (χ0n) is 18.5. The van der Waals surface area contributed by atoms with Gasteiger partial charge < -0.3 is 20.3 Å². The van der Waals surface area contributed by atoms with Gasteiger partial charge in [-0.1, -0.05) is 6.07 Å². The Morgan fingerprint density at radius 3 is 2.58 bits per heavy atom. The predicted molar refractivity (Wildman–Crippen MR) is 121 cm³/mol. The van der Waals surface area contributed by atoms with Crippen LogP contribution in [0.5, 0.6) is 0 Å². The number of nitrogen functional groups attached to an aromatic ring is 1. The highest BCUT2D eigenvalue weighted by Gasteiger charge is 2.25. The number of amides is 1. The van der Waals surface area contributed by atoms with Crippen LogP contribution in [0.3, 0.4) is 0 Å². The summed E-state index contributed by atoms with van der Waals surface area (Å²) in [6, 6.07) is 7.99. The number of aromatic nitrogens is 2. The molecule has 0 aromatic carbocycles. The highest BCUT2D eigenvalue weighted by molar-refractivity contribution is 5.98. The van der Waals surface area contributed by atoms with Gasteiger partial charge in [-0.05, 0) is 44.1 Å². The van der Waals surface area contributed by atoms with Gasteiger partial charge in [0.2, 0.25) is 0 Å². The van der Waals surface area contributed by atoms with Crippen molar-refractivity contribution in [3.05, 3.63) is 47.3 Å². The number of carbonyl (C=O) groups excluding carboxylic acids is 1. The van der Waals surface area contributed by atoms with Gasteiger partial charge in [-0.15, -0.1) is 0 Å². The van der Waals surface area contributed by atoms with E-state index in [0.717, 1.165) is 44.0 Å². The zero-order chi connectivity index (χ0) is 21.8. The van der Waals surface area contributed by atoms with E-state index in [1.807, 2.05) is 38.5 Å². The summed E-state index contributed by atoms with van der Waals surface area (Å²) in [4.78, 5) is 28.2. The van der Waals surface area contributed by atoms with E-state index in [4.69, 9.17) is 10.5 Å². The molecule has 166 valence electrons. The van der Waals surface area contributed by atoms with E-state index in [1.165, 1.54) is 5.56 Å². The van der Waals surface area contributed by atoms with Crippen molar-refractivity contribution in [2.75, 3.05) is 64.1 Å². The fraction of sp³-hybridized carbons (Fsp3) is 0.522. The number of pyridine rings is 2. The first-order chi connectivity index (χ1) is 15.0. The van der Waals surface area contributed by atoms with Crippen LogP contribution >= 0.6 is 0 Å². The quantitative estimate of drug-likeness (QED) is 0.785. The molecule has 2 fully saturated rings. The second kappa shape index (κ2) is 9.62. The SMILES string of the molecule is CN(C)c1ncccc1CN1CCC(c2ccc(C(=O)N3CCOCC3)c(N)n2)CC1. The second-order valence-electron chi connectivity index (χ2n) is 8.50. The number of hydrogen-bond acceptors (Lipinski definition) is 7. The van der Waals surface area contributed by atoms with Crippen molar-refractivity contribution in [2.45, 2.75) is 25.3 Å². The van der Waals surface area contributed by atoms with Crippen LogP contribution in [0.15, 0.2) is 30.5 Å². The summed E-state index contributed by atoms with van der Waals surface area (Å²) in [6.45, 7) is 5.26. The van der Waals surface area contributed by atoms with Crippen molar-refractivity contribution in [2.24, 2.45) is 0 Å². The first kappa shape index (κ1) is 21.5. The maximum absolute atomic E-state index is 12.7. The monoisotopic (exact) mass is 424 g/mol. The van der Waals surface area contributed by atoms with E-state index >= 15 is 0 Å². The molecule has 2 aromatic rings. The molecule has 0 unspecified atom stereocenters. The van der Waals surface area contributed by atoms with Crippen LogP contribution in [0.25, 0.3) is 0 Å². The molecule has 4 rings (SSSR count). The van der Waals surface area contributed by atoms with E-state index < -0.39 is 0 Å². The Morgan fingerprint density at radius 2 is 1.90 bits per heavy atom. The van der Waals surface area contributed by atoms with Crippen molar-refractivity contribution < 1.29 is 9.53 Å². The van der Waals surface area contributed by atoms with Gasteiger partial charge in [0, 0.05) is 57.1 Å². The van der Waals surface area contributed by atoms with Crippen LogP contribution < -0.4 is 10.6 Å². The molecular weight excluding hydrogens is 392 g/mol. The largest absolute Gasteiger partial charge is 0.383 e. The first-order valence-corrected chi connectivity index (χ1v) is 11.0. The van der Waals surface area contributed by atoms with E-state index in [1.54, 1.807) is 4.90 Å². The molecule has 0 atom stereocenters. The molecule has 2 N–H and O–H groups in total. The van der Waals surface area contributed by atoms with Gasteiger partial charge in [0.15, 0.2) is 0 Å². The maximum atomic E-state index is 12.7. The van der Waals surface area contributed by atoms with Crippen molar-refractivity contribution in [3.63, 3.8) is 0 Å². The fourth-order valence-corrected chi connectivity index (χ4v) is 4.42. The summed E-state index contributed by atoms with van der Waals surface area (Å²) >= 11 is 0. The molecule has 0 saturated carbocycles. The molecule has 2 aliphatic rings. The third kappa shape index (κ3) is 4.97. The molecule has 1 amide bonds. The van der Waals surface area contributed by atoms with Crippen LogP contribution in [0, 0.1) is 0 Å². The third-order valence-corrected chi connectivity index (χ3v) is 6.17. The Labute approximate surface area is 184 Å². The lowest BCUT2D eigenvalue weighted by Gasteiger charge is -2.32. The molecule has 2 saturated heterocycles. The Kier molecular flexibility index (Phi) is 6.67. The van der Waals surface area contributed by atoms with E-state index in [-0.39, 0.29) is 5.91 Å². The Hall–Kier alpha value is -2.71. The number of hydrogen-bond donors (Lipinski definition) is 1. The maximum Gasteiger partial charge on any atom is 0.257 e. The summed E-state index contributed by atoms with van der Waals surface area (Å²) in [7, 11) is 4.06. The fourth-order valence-electron chi connectivity index (χ4n) is 4.42. The van der Waals surface area contributed by atoms with E-state index in [0.29, 0.717) is 43.6 Å². The molecule has 2 aliphatic heterocycles. The van der Waals surface area contributed by atoms with Crippen molar-refractivity contribution >= 4 is 17.5 Å². The van der Waals surface area contributed by atoms with Gasteiger partial charge in [0.05, 0.1) is 18.8 Å². The van der Waals surface area contributed by atoms with Crippen LogP contribution in [0.4, 0.5) is 11.6 Å². The van der Waals surface area contributed by atoms with Crippen molar-refractivity contribution in [1.82, 2.24) is 19.8 Å². The number of piperidine rings is 1. The van der Waals surface area contributed by atoms with Crippen molar-refractivity contribution in [3.8, 4) is 0 Å². The third-order valence-electron chi connectivity index (χ3n) is 6.17. The van der Waals surface area contributed by atoms with Crippen LogP contribution in [0.1, 0.15) is 40.4 Å². The van der Waals surface area contributed by atoms with E-state index in [2.05, 4.69) is 25.8 Å². The summed E-state index contributed by atoms with van der Waals surface area (Å²) < 4.78 is 5.33. The number of morpholine rings is 1. The molecule has 0 radical (unpaired) electrons. The van der Waals surface area contributed by atoms with Gasteiger partial charge in [-0.2, -0.15) is 0 Å². The number of anilines is 2. The summed E-state index contributed by atoms with van der Waals surface area (Å²) in [5, 5.41) is 0. The molecular formula is C23H32N6O2.